The molecule has 0 spiro atoms. The molecule has 0 aliphatic rings. The number of aryl methyl sites for hydroxylation is 1. The Kier molecular flexibility index (Phi) is 3.38. The molecule has 90 valence electrons. The molecule has 0 aliphatic carbocycles. The number of aromatic amines is 1. The van der Waals surface area contributed by atoms with Crippen LogP contribution in [-0.2, 0) is 6.54 Å². The first kappa shape index (κ1) is 11.6. The zero-order valence-corrected chi connectivity index (χ0v) is 10.6. The summed E-state index contributed by atoms with van der Waals surface area (Å²) in [6, 6.07) is 10.5. The molecule has 0 unspecified atom stereocenters. The lowest BCUT2D eigenvalue weighted by Gasteiger charge is -2.15. The van der Waals surface area contributed by atoms with Crippen LogP contribution < -0.4 is 10.2 Å². The SMILES string of the molecule is Cc1cc(N(C)C)ccc1NCc1ccc[nH]1. The summed E-state index contributed by atoms with van der Waals surface area (Å²) < 4.78 is 0. The van der Waals surface area contributed by atoms with E-state index in [1.807, 2.05) is 12.3 Å². The molecule has 0 bridgehead atoms. The van der Waals surface area contributed by atoms with Gasteiger partial charge in [0.1, 0.15) is 0 Å². The van der Waals surface area contributed by atoms with Crippen LogP contribution in [0.5, 0.6) is 0 Å². The molecule has 3 nitrogen and oxygen atoms in total. The summed E-state index contributed by atoms with van der Waals surface area (Å²) in [6.07, 6.45) is 1.94. The molecule has 0 atom stereocenters. The van der Waals surface area contributed by atoms with Crippen molar-refractivity contribution in [2.24, 2.45) is 0 Å². The van der Waals surface area contributed by atoms with Crippen molar-refractivity contribution < 1.29 is 0 Å². The van der Waals surface area contributed by atoms with Crippen LogP contribution in [0.25, 0.3) is 0 Å². The van der Waals surface area contributed by atoms with Gasteiger partial charge in [0.05, 0.1) is 6.54 Å². The third-order valence-electron chi connectivity index (χ3n) is 2.86. The van der Waals surface area contributed by atoms with Gasteiger partial charge in [0.2, 0.25) is 0 Å². The van der Waals surface area contributed by atoms with Crippen LogP contribution in [0.4, 0.5) is 11.4 Å². The molecule has 1 aromatic carbocycles. The maximum Gasteiger partial charge on any atom is 0.0551 e. The Labute approximate surface area is 102 Å². The summed E-state index contributed by atoms with van der Waals surface area (Å²) in [4.78, 5) is 5.30. The second-order valence-electron chi connectivity index (χ2n) is 4.44. The second-order valence-corrected chi connectivity index (χ2v) is 4.44. The highest BCUT2D eigenvalue weighted by Crippen LogP contribution is 2.21. The number of anilines is 2. The Bertz CT molecular complexity index is 472. The molecule has 0 amide bonds. The average Bonchev–Trinajstić information content (AvgIpc) is 2.80. The first-order valence-corrected chi connectivity index (χ1v) is 5.81. The largest absolute Gasteiger partial charge is 0.379 e. The Balaban J connectivity index is 2.06. The van der Waals surface area contributed by atoms with Crippen LogP contribution >= 0.6 is 0 Å². The van der Waals surface area contributed by atoms with Gasteiger partial charge in [0.25, 0.3) is 0 Å². The van der Waals surface area contributed by atoms with Crippen molar-refractivity contribution in [3.05, 3.63) is 47.8 Å². The van der Waals surface area contributed by atoms with Crippen molar-refractivity contribution in [1.82, 2.24) is 4.98 Å². The summed E-state index contributed by atoms with van der Waals surface area (Å²) in [5, 5.41) is 3.43. The van der Waals surface area contributed by atoms with Crippen LogP contribution in [0, 0.1) is 6.92 Å². The van der Waals surface area contributed by atoms with E-state index >= 15 is 0 Å². The fourth-order valence-corrected chi connectivity index (χ4v) is 1.79. The maximum absolute atomic E-state index is 3.43. The van der Waals surface area contributed by atoms with Gasteiger partial charge in [-0.2, -0.15) is 0 Å². The monoisotopic (exact) mass is 229 g/mol. The van der Waals surface area contributed by atoms with E-state index in [4.69, 9.17) is 0 Å². The molecule has 17 heavy (non-hydrogen) atoms. The molecule has 2 N–H and O–H groups in total. The van der Waals surface area contributed by atoms with Crippen LogP contribution in [0.15, 0.2) is 36.5 Å². The van der Waals surface area contributed by atoms with Crippen molar-refractivity contribution >= 4 is 11.4 Å². The van der Waals surface area contributed by atoms with Crippen molar-refractivity contribution in [1.29, 1.82) is 0 Å². The number of nitrogens with one attached hydrogen (secondary N) is 2. The van der Waals surface area contributed by atoms with Crippen LogP contribution in [0.3, 0.4) is 0 Å². The minimum Gasteiger partial charge on any atom is -0.379 e. The van der Waals surface area contributed by atoms with Crippen molar-refractivity contribution in [2.75, 3.05) is 24.3 Å². The lowest BCUT2D eigenvalue weighted by atomic mass is 10.1. The highest BCUT2D eigenvalue weighted by Gasteiger charge is 2.01. The molecule has 0 saturated heterocycles. The molecule has 2 aromatic rings. The fourth-order valence-electron chi connectivity index (χ4n) is 1.79. The Morgan fingerprint density at radius 1 is 1.24 bits per heavy atom. The Morgan fingerprint density at radius 3 is 2.65 bits per heavy atom. The molecule has 0 aliphatic heterocycles. The summed E-state index contributed by atoms with van der Waals surface area (Å²) >= 11 is 0. The summed E-state index contributed by atoms with van der Waals surface area (Å²) in [6.45, 7) is 2.96. The van der Waals surface area contributed by atoms with E-state index in [9.17, 15) is 0 Å². The van der Waals surface area contributed by atoms with Gasteiger partial charge >= 0.3 is 0 Å². The van der Waals surface area contributed by atoms with E-state index in [-0.39, 0.29) is 0 Å². The van der Waals surface area contributed by atoms with Crippen molar-refractivity contribution in [3.8, 4) is 0 Å². The minimum atomic E-state index is 0.829. The number of H-pyrrole nitrogens is 1. The summed E-state index contributed by atoms with van der Waals surface area (Å²) in [5.74, 6) is 0. The highest BCUT2D eigenvalue weighted by molar-refractivity contribution is 5.59. The zero-order valence-electron chi connectivity index (χ0n) is 10.6. The van der Waals surface area contributed by atoms with E-state index in [0.717, 1.165) is 6.54 Å². The Morgan fingerprint density at radius 2 is 2.06 bits per heavy atom. The van der Waals surface area contributed by atoms with Crippen molar-refractivity contribution in [2.45, 2.75) is 13.5 Å². The van der Waals surface area contributed by atoms with E-state index in [0.29, 0.717) is 0 Å². The van der Waals surface area contributed by atoms with Crippen molar-refractivity contribution in [3.63, 3.8) is 0 Å². The Hall–Kier alpha value is -1.90. The molecular formula is C14H19N3. The van der Waals surface area contributed by atoms with Gasteiger partial charge in [0.15, 0.2) is 0 Å². The van der Waals surface area contributed by atoms with E-state index < -0.39 is 0 Å². The third kappa shape index (κ3) is 2.81. The summed E-state index contributed by atoms with van der Waals surface area (Å²) in [7, 11) is 4.11. The third-order valence-corrected chi connectivity index (χ3v) is 2.86. The lowest BCUT2D eigenvalue weighted by Crippen LogP contribution is -2.09. The topological polar surface area (TPSA) is 31.1 Å². The quantitative estimate of drug-likeness (QED) is 0.844. The van der Waals surface area contributed by atoms with Gasteiger partial charge in [0, 0.05) is 37.4 Å². The molecule has 3 heteroatoms. The standard InChI is InChI=1S/C14H19N3/c1-11-9-13(17(2)3)6-7-14(11)16-10-12-5-4-8-15-12/h4-9,15-16H,10H2,1-3H3. The first-order valence-electron chi connectivity index (χ1n) is 5.81. The molecule has 0 radical (unpaired) electrons. The van der Waals surface area contributed by atoms with E-state index in [2.05, 4.69) is 60.5 Å². The van der Waals surface area contributed by atoms with Crippen LogP contribution in [0.2, 0.25) is 0 Å². The molecule has 0 fully saturated rings. The number of hydrogen-bond donors (Lipinski definition) is 2. The van der Waals surface area contributed by atoms with Gasteiger partial charge in [-0.15, -0.1) is 0 Å². The van der Waals surface area contributed by atoms with Gasteiger partial charge < -0.3 is 15.2 Å². The zero-order chi connectivity index (χ0) is 12.3. The lowest BCUT2D eigenvalue weighted by molar-refractivity contribution is 1.07. The molecule has 1 heterocycles. The number of hydrogen-bond acceptors (Lipinski definition) is 2. The fraction of sp³-hybridized carbons (Fsp3) is 0.286. The molecular weight excluding hydrogens is 210 g/mol. The smallest absolute Gasteiger partial charge is 0.0551 e. The van der Waals surface area contributed by atoms with Gasteiger partial charge in [-0.3, -0.25) is 0 Å². The second kappa shape index (κ2) is 4.95. The molecule has 0 saturated carbocycles. The number of nitrogens with zero attached hydrogens (tertiary/aromatic N) is 1. The van der Waals surface area contributed by atoms with E-state index in [1.165, 1.54) is 22.6 Å². The number of rotatable bonds is 4. The summed E-state index contributed by atoms with van der Waals surface area (Å²) in [5.41, 5.74) is 4.88. The number of benzene rings is 1. The number of aromatic nitrogens is 1. The predicted octanol–water partition coefficient (Wildman–Crippen LogP) is 3.00. The van der Waals surface area contributed by atoms with Gasteiger partial charge in [-0.25, -0.2) is 0 Å². The average molecular weight is 229 g/mol. The van der Waals surface area contributed by atoms with E-state index in [1.54, 1.807) is 0 Å². The van der Waals surface area contributed by atoms with Crippen LogP contribution in [0.1, 0.15) is 11.3 Å². The molecule has 2 rings (SSSR count). The minimum absolute atomic E-state index is 0.829. The van der Waals surface area contributed by atoms with Gasteiger partial charge in [-0.05, 0) is 42.8 Å². The first-order chi connectivity index (χ1) is 8.16. The maximum atomic E-state index is 3.43. The van der Waals surface area contributed by atoms with Crippen LogP contribution in [-0.4, -0.2) is 19.1 Å². The molecule has 1 aromatic heterocycles. The highest BCUT2D eigenvalue weighted by atomic mass is 15.1. The van der Waals surface area contributed by atoms with Gasteiger partial charge in [-0.1, -0.05) is 0 Å². The predicted molar refractivity (Wildman–Crippen MR) is 73.6 cm³/mol. The normalized spacial score (nSPS) is 10.3.